The lowest BCUT2D eigenvalue weighted by molar-refractivity contribution is -0.128. The molecule has 0 aliphatic carbocycles. The number of pyridine rings is 3. The highest BCUT2D eigenvalue weighted by Gasteiger charge is 2.37. The van der Waals surface area contributed by atoms with Gasteiger partial charge in [0.25, 0.3) is 5.56 Å². The predicted molar refractivity (Wildman–Crippen MR) is 173 cm³/mol. The largest absolute Gasteiger partial charge is 0.507 e. The second-order valence-electron chi connectivity index (χ2n) is 11.6. The number of hydrogen-bond acceptors (Lipinski definition) is 8. The third-order valence-corrected chi connectivity index (χ3v) is 9.23. The van der Waals surface area contributed by atoms with Crippen LogP contribution >= 0.6 is 0 Å². The summed E-state index contributed by atoms with van der Waals surface area (Å²) < 4.78 is 59.4. The van der Waals surface area contributed by atoms with E-state index in [4.69, 9.17) is 6.57 Å². The summed E-state index contributed by atoms with van der Waals surface area (Å²) in [7, 11) is -4.34. The number of aromatic nitrogens is 3. The van der Waals surface area contributed by atoms with E-state index >= 15 is 8.78 Å². The van der Waals surface area contributed by atoms with Crippen molar-refractivity contribution in [1.82, 2.24) is 19.4 Å². The molecule has 244 valence electrons. The minimum Gasteiger partial charge on any atom is -0.507 e. The number of piperazine rings is 1. The van der Waals surface area contributed by atoms with Crippen molar-refractivity contribution in [3.8, 4) is 22.7 Å². The van der Waals surface area contributed by atoms with E-state index in [1.165, 1.54) is 21.9 Å². The van der Waals surface area contributed by atoms with Crippen LogP contribution in [0.2, 0.25) is 0 Å². The molecular weight excluding hydrogens is 630 g/mol. The fourth-order valence-electron chi connectivity index (χ4n) is 6.04. The molecule has 1 N–H and O–H groups in total. The number of carbonyl (C=O) groups excluding carboxylic acids is 1. The molecule has 0 radical (unpaired) electrons. The Morgan fingerprint density at radius 3 is 2.55 bits per heavy atom. The summed E-state index contributed by atoms with van der Waals surface area (Å²) >= 11 is 0. The fourth-order valence-corrected chi connectivity index (χ4v) is 7.03. The SMILES string of the molecule is [C-]#[N+]C[C@H]1CN(c2c(S(C)(=O)=O)c(=O)n(-c3c(C)ccnc3C(C)C)c3nc(-c4c(O)cccc4F)c(F)cc23)CCN1C(=O)C=C. The molecule has 5 rings (SSSR count). The number of aryl methyl sites for hydroxylation is 1. The number of carbonyl (C=O) groups is 1. The molecule has 1 saturated heterocycles. The summed E-state index contributed by atoms with van der Waals surface area (Å²) in [5.74, 6) is -3.33. The minimum absolute atomic E-state index is 0.0236. The van der Waals surface area contributed by atoms with Crippen LogP contribution in [0, 0.1) is 25.1 Å². The fraction of sp³-hybridized carbons (Fsp3) is 0.303. The van der Waals surface area contributed by atoms with Crippen LogP contribution < -0.4 is 10.5 Å². The molecule has 14 heteroatoms. The van der Waals surface area contributed by atoms with Crippen LogP contribution in [0.15, 0.2) is 58.9 Å². The summed E-state index contributed by atoms with van der Waals surface area (Å²) in [6.45, 7) is 16.2. The van der Waals surface area contributed by atoms with Crippen LogP contribution in [0.3, 0.4) is 0 Å². The first-order valence-electron chi connectivity index (χ1n) is 14.6. The number of amides is 1. The van der Waals surface area contributed by atoms with Crippen LogP contribution in [0.1, 0.15) is 31.0 Å². The van der Waals surface area contributed by atoms with Crippen LogP contribution in [0.5, 0.6) is 5.75 Å². The van der Waals surface area contributed by atoms with Crippen molar-refractivity contribution in [2.24, 2.45) is 0 Å². The Morgan fingerprint density at radius 2 is 1.94 bits per heavy atom. The van der Waals surface area contributed by atoms with Crippen molar-refractivity contribution in [3.05, 3.63) is 93.8 Å². The van der Waals surface area contributed by atoms with E-state index in [1.54, 1.807) is 19.2 Å². The maximum absolute atomic E-state index is 16.2. The van der Waals surface area contributed by atoms with Gasteiger partial charge < -0.3 is 19.8 Å². The van der Waals surface area contributed by atoms with Gasteiger partial charge in [0.15, 0.2) is 26.2 Å². The van der Waals surface area contributed by atoms with Crippen molar-refractivity contribution >= 4 is 32.5 Å². The summed E-state index contributed by atoms with van der Waals surface area (Å²) in [6.07, 6.45) is 3.53. The van der Waals surface area contributed by atoms with Crippen molar-refractivity contribution < 1.29 is 27.1 Å². The van der Waals surface area contributed by atoms with Crippen molar-refractivity contribution in [1.29, 1.82) is 0 Å². The van der Waals surface area contributed by atoms with Crippen LogP contribution in [-0.2, 0) is 14.6 Å². The Hall–Kier alpha value is -5.16. The smallest absolute Gasteiger partial charge is 0.277 e. The monoisotopic (exact) mass is 662 g/mol. The summed E-state index contributed by atoms with van der Waals surface area (Å²) in [4.78, 5) is 41.9. The zero-order chi connectivity index (χ0) is 34.4. The molecule has 0 spiro atoms. The van der Waals surface area contributed by atoms with Gasteiger partial charge in [-0.1, -0.05) is 26.5 Å². The van der Waals surface area contributed by atoms with Gasteiger partial charge >= 0.3 is 0 Å². The second kappa shape index (κ2) is 12.6. The van der Waals surface area contributed by atoms with Crippen LogP contribution in [0.25, 0.3) is 32.8 Å². The van der Waals surface area contributed by atoms with E-state index in [0.29, 0.717) is 11.3 Å². The average Bonchev–Trinajstić information content (AvgIpc) is 3.00. The minimum atomic E-state index is -4.34. The van der Waals surface area contributed by atoms with Gasteiger partial charge in [0.1, 0.15) is 23.3 Å². The van der Waals surface area contributed by atoms with Gasteiger partial charge in [0.2, 0.25) is 12.5 Å². The van der Waals surface area contributed by atoms with Gasteiger partial charge in [-0.25, -0.2) is 28.8 Å². The molecule has 3 aromatic heterocycles. The molecule has 0 bridgehead atoms. The number of phenolic OH excluding ortho intramolecular Hbond substituents is 1. The number of hydrogen-bond donors (Lipinski definition) is 1. The van der Waals surface area contributed by atoms with Crippen LogP contribution in [0.4, 0.5) is 14.5 Å². The van der Waals surface area contributed by atoms with E-state index in [9.17, 15) is 23.1 Å². The molecule has 1 aliphatic rings. The standard InChI is InChI=1S/C33H32F2N6O5S/c1-7-25(43)40-14-13-39(17-20(40)16-36-5)30-21-15-23(35)28(26-22(34)9-8-10-24(26)42)38-32(21)41(33(44)31(30)47(6,45)46)29-19(4)11-12-37-27(29)18(2)3/h7-12,15,18,20,42H,1,13-14,16-17H2,2-4,6H3/t20-/m0/s1. The number of fused-ring (bicyclic) bond motifs is 1. The van der Waals surface area contributed by atoms with Gasteiger partial charge in [0, 0.05) is 37.5 Å². The highest BCUT2D eigenvalue weighted by molar-refractivity contribution is 7.90. The molecule has 0 saturated carbocycles. The quantitative estimate of drug-likeness (QED) is 0.228. The lowest BCUT2D eigenvalue weighted by Gasteiger charge is -2.40. The number of nitrogens with zero attached hydrogens (tertiary/aromatic N) is 6. The highest BCUT2D eigenvalue weighted by atomic mass is 32.2. The van der Waals surface area contributed by atoms with Crippen molar-refractivity contribution in [3.63, 3.8) is 0 Å². The molecular formula is C33H32F2N6O5S. The normalized spacial score (nSPS) is 15.2. The molecule has 1 amide bonds. The first-order valence-corrected chi connectivity index (χ1v) is 16.5. The third-order valence-electron chi connectivity index (χ3n) is 8.12. The second-order valence-corrected chi connectivity index (χ2v) is 13.6. The topological polar surface area (TPSA) is 130 Å². The summed E-state index contributed by atoms with van der Waals surface area (Å²) in [6, 6.07) is 5.32. The number of sulfone groups is 1. The molecule has 1 fully saturated rings. The maximum Gasteiger partial charge on any atom is 0.277 e. The highest BCUT2D eigenvalue weighted by Crippen LogP contribution is 2.39. The summed E-state index contributed by atoms with van der Waals surface area (Å²) in [5, 5.41) is 10.5. The van der Waals surface area contributed by atoms with Crippen molar-refractivity contribution in [2.75, 3.05) is 37.3 Å². The molecule has 1 aromatic carbocycles. The third kappa shape index (κ3) is 5.83. The molecule has 4 heterocycles. The average molecular weight is 663 g/mol. The Morgan fingerprint density at radius 1 is 1.21 bits per heavy atom. The lowest BCUT2D eigenvalue weighted by atomic mass is 10.0. The maximum atomic E-state index is 16.2. The predicted octanol–water partition coefficient (Wildman–Crippen LogP) is 4.39. The molecule has 4 aromatic rings. The Kier molecular flexibility index (Phi) is 8.87. The van der Waals surface area contributed by atoms with E-state index in [1.807, 2.05) is 13.8 Å². The number of anilines is 1. The first kappa shape index (κ1) is 33.2. The van der Waals surface area contributed by atoms with Gasteiger partial charge in [0.05, 0.1) is 22.6 Å². The Bertz CT molecular complexity index is 2140. The van der Waals surface area contributed by atoms with Crippen molar-refractivity contribution in [2.45, 2.75) is 37.6 Å². The number of phenols is 1. The first-order chi connectivity index (χ1) is 22.2. The molecule has 1 aliphatic heterocycles. The summed E-state index contributed by atoms with van der Waals surface area (Å²) in [5.41, 5.74) is -1.32. The van der Waals surface area contributed by atoms with E-state index in [0.717, 1.165) is 29.0 Å². The number of rotatable bonds is 7. The zero-order valence-electron chi connectivity index (χ0n) is 26.2. The van der Waals surface area contributed by atoms with Gasteiger partial charge in [-0.05, 0) is 48.7 Å². The van der Waals surface area contributed by atoms with Gasteiger partial charge in [-0.2, -0.15) is 0 Å². The van der Waals surface area contributed by atoms with E-state index < -0.39 is 60.9 Å². The Balaban J connectivity index is 1.97. The number of benzene rings is 1. The lowest BCUT2D eigenvalue weighted by Crippen LogP contribution is -2.56. The van der Waals surface area contributed by atoms with Crippen LogP contribution in [-0.4, -0.2) is 77.3 Å². The molecule has 0 unspecified atom stereocenters. The zero-order valence-corrected chi connectivity index (χ0v) is 27.0. The number of halogens is 2. The number of aromatic hydroxyl groups is 1. The molecule has 11 nitrogen and oxygen atoms in total. The Labute approximate surface area is 270 Å². The van der Waals surface area contributed by atoms with E-state index in [2.05, 4.69) is 21.4 Å². The molecule has 47 heavy (non-hydrogen) atoms. The van der Waals surface area contributed by atoms with E-state index in [-0.39, 0.29) is 54.5 Å². The molecule has 1 atom stereocenters. The van der Waals surface area contributed by atoms with Gasteiger partial charge in [-0.15, -0.1) is 0 Å². The van der Waals surface area contributed by atoms with Gasteiger partial charge in [-0.3, -0.25) is 19.1 Å².